The summed E-state index contributed by atoms with van der Waals surface area (Å²) in [5.41, 5.74) is -0.311. The molecule has 0 bridgehead atoms. The number of carboxylic acids is 1. The number of carboxylic acid groups (broad SMARTS) is 1. The number of rotatable bonds is 4. The zero-order valence-electron chi connectivity index (χ0n) is 11.3. The molecule has 6 heteroatoms. The van der Waals surface area contributed by atoms with Crippen LogP contribution in [-0.4, -0.2) is 27.8 Å². The summed E-state index contributed by atoms with van der Waals surface area (Å²) in [7, 11) is 0. The summed E-state index contributed by atoms with van der Waals surface area (Å²) in [4.78, 5) is 22.8. The molecule has 6 nitrogen and oxygen atoms in total. The molecular formula is C14H18N2O4. The number of anilines is 1. The Hall–Kier alpha value is -2.24. The molecule has 2 amide bonds. The lowest BCUT2D eigenvalue weighted by Gasteiger charge is -2.41. The van der Waals surface area contributed by atoms with Gasteiger partial charge < -0.3 is 20.8 Å². The minimum atomic E-state index is -1.24. The number of hydrogen-bond donors (Lipinski definition) is 4. The topological polar surface area (TPSA) is 98.7 Å². The molecule has 0 heterocycles. The maximum atomic E-state index is 11.9. The van der Waals surface area contributed by atoms with Crippen molar-refractivity contribution in [3.8, 4) is 5.75 Å². The fourth-order valence-corrected chi connectivity index (χ4v) is 2.38. The SMILES string of the molecule is CCC1(NC(=O)Nc2cccc(C(=O)O)c2O)CCC1. The van der Waals surface area contributed by atoms with Gasteiger partial charge in [-0.15, -0.1) is 0 Å². The van der Waals surface area contributed by atoms with Crippen molar-refractivity contribution >= 4 is 17.7 Å². The van der Waals surface area contributed by atoms with Gasteiger partial charge in [0.05, 0.1) is 5.69 Å². The zero-order chi connectivity index (χ0) is 14.8. The Kier molecular flexibility index (Phi) is 3.83. The van der Waals surface area contributed by atoms with E-state index in [1.165, 1.54) is 18.2 Å². The molecule has 20 heavy (non-hydrogen) atoms. The maximum absolute atomic E-state index is 11.9. The lowest BCUT2D eigenvalue weighted by molar-refractivity contribution is 0.0693. The van der Waals surface area contributed by atoms with E-state index in [0.717, 1.165) is 25.7 Å². The average Bonchev–Trinajstić information content (AvgIpc) is 2.36. The molecule has 108 valence electrons. The Morgan fingerprint density at radius 1 is 1.35 bits per heavy atom. The van der Waals surface area contributed by atoms with Crippen molar-refractivity contribution in [3.05, 3.63) is 23.8 Å². The first-order valence-corrected chi connectivity index (χ1v) is 6.62. The average molecular weight is 278 g/mol. The predicted octanol–water partition coefficient (Wildman–Crippen LogP) is 2.54. The van der Waals surface area contributed by atoms with E-state index in [4.69, 9.17) is 5.11 Å². The summed E-state index contributed by atoms with van der Waals surface area (Å²) in [6.45, 7) is 2.02. The third kappa shape index (κ3) is 2.68. The summed E-state index contributed by atoms with van der Waals surface area (Å²) in [6.07, 6.45) is 3.82. The van der Waals surface area contributed by atoms with Crippen LogP contribution in [0.15, 0.2) is 18.2 Å². The van der Waals surface area contributed by atoms with Gasteiger partial charge in [0.2, 0.25) is 0 Å². The molecule has 1 fully saturated rings. The number of benzene rings is 1. The van der Waals surface area contributed by atoms with Crippen LogP contribution in [0.1, 0.15) is 43.0 Å². The maximum Gasteiger partial charge on any atom is 0.339 e. The van der Waals surface area contributed by atoms with Crippen LogP contribution in [-0.2, 0) is 0 Å². The van der Waals surface area contributed by atoms with Gasteiger partial charge in [-0.1, -0.05) is 13.0 Å². The highest BCUT2D eigenvalue weighted by Gasteiger charge is 2.36. The number of carbonyl (C=O) groups excluding carboxylic acids is 1. The van der Waals surface area contributed by atoms with Crippen LogP contribution in [0, 0.1) is 0 Å². The Balaban J connectivity index is 2.08. The minimum absolute atomic E-state index is 0.0907. The highest BCUT2D eigenvalue weighted by Crippen LogP contribution is 2.35. The first-order chi connectivity index (χ1) is 9.47. The standard InChI is InChI=1S/C14H18N2O4/c1-2-14(7-4-8-14)16-13(20)15-10-6-3-5-9(11(10)17)12(18)19/h3,5-6,17H,2,4,7-8H2,1H3,(H,18,19)(H2,15,16,20). The van der Waals surface area contributed by atoms with Crippen LogP contribution in [0.25, 0.3) is 0 Å². The quantitative estimate of drug-likeness (QED) is 0.636. The summed E-state index contributed by atoms with van der Waals surface area (Å²) in [6, 6.07) is 3.78. The van der Waals surface area contributed by atoms with E-state index in [1.54, 1.807) is 0 Å². The summed E-state index contributed by atoms with van der Waals surface area (Å²) < 4.78 is 0. The van der Waals surface area contributed by atoms with Crippen LogP contribution < -0.4 is 10.6 Å². The first-order valence-electron chi connectivity index (χ1n) is 6.62. The Labute approximate surface area is 116 Å². The van der Waals surface area contributed by atoms with E-state index in [9.17, 15) is 14.7 Å². The number of carbonyl (C=O) groups is 2. The molecule has 0 radical (unpaired) electrons. The molecule has 0 atom stereocenters. The van der Waals surface area contributed by atoms with Crippen molar-refractivity contribution in [3.63, 3.8) is 0 Å². The number of aromatic carboxylic acids is 1. The molecule has 0 spiro atoms. The van der Waals surface area contributed by atoms with Crippen LogP contribution in [0.2, 0.25) is 0 Å². The van der Waals surface area contributed by atoms with Gasteiger partial charge >= 0.3 is 12.0 Å². The van der Waals surface area contributed by atoms with Crippen LogP contribution in [0.5, 0.6) is 5.75 Å². The van der Waals surface area contributed by atoms with Gasteiger partial charge in [-0.25, -0.2) is 9.59 Å². The molecule has 0 unspecified atom stereocenters. The van der Waals surface area contributed by atoms with Gasteiger partial charge in [0.15, 0.2) is 5.75 Å². The van der Waals surface area contributed by atoms with Crippen LogP contribution in [0.4, 0.5) is 10.5 Å². The predicted molar refractivity (Wildman–Crippen MR) is 74.1 cm³/mol. The fourth-order valence-electron chi connectivity index (χ4n) is 2.38. The van der Waals surface area contributed by atoms with Gasteiger partial charge in [0, 0.05) is 5.54 Å². The van der Waals surface area contributed by atoms with E-state index < -0.39 is 17.7 Å². The van der Waals surface area contributed by atoms with E-state index in [1.807, 2.05) is 6.92 Å². The van der Waals surface area contributed by atoms with Crippen molar-refractivity contribution in [2.24, 2.45) is 0 Å². The Bertz CT molecular complexity index is 532. The molecule has 1 aromatic rings. The number of aromatic hydroxyl groups is 1. The van der Waals surface area contributed by atoms with Crippen LogP contribution >= 0.6 is 0 Å². The summed E-state index contributed by atoms with van der Waals surface area (Å²) >= 11 is 0. The number of amides is 2. The van der Waals surface area contributed by atoms with Crippen molar-refractivity contribution in [1.82, 2.24) is 5.32 Å². The van der Waals surface area contributed by atoms with Crippen molar-refractivity contribution < 1.29 is 19.8 Å². The number of phenols is 1. The highest BCUT2D eigenvalue weighted by atomic mass is 16.4. The van der Waals surface area contributed by atoms with Crippen LogP contribution in [0.3, 0.4) is 0 Å². The molecule has 1 aliphatic rings. The number of para-hydroxylation sites is 1. The summed E-state index contributed by atoms with van der Waals surface area (Å²) in [5, 5.41) is 24.1. The largest absolute Gasteiger partial charge is 0.505 e. The second-order valence-electron chi connectivity index (χ2n) is 5.07. The van der Waals surface area contributed by atoms with Gasteiger partial charge in [0.1, 0.15) is 5.56 Å². The molecular weight excluding hydrogens is 260 g/mol. The second-order valence-corrected chi connectivity index (χ2v) is 5.07. The minimum Gasteiger partial charge on any atom is -0.505 e. The molecule has 1 saturated carbocycles. The highest BCUT2D eigenvalue weighted by molar-refractivity contribution is 5.97. The zero-order valence-corrected chi connectivity index (χ0v) is 11.3. The number of nitrogens with one attached hydrogen (secondary N) is 2. The first kappa shape index (κ1) is 14.2. The molecule has 1 aliphatic carbocycles. The van der Waals surface area contributed by atoms with Crippen molar-refractivity contribution in [2.75, 3.05) is 5.32 Å². The fraction of sp³-hybridized carbons (Fsp3) is 0.429. The number of urea groups is 1. The Morgan fingerprint density at radius 2 is 2.05 bits per heavy atom. The molecule has 0 aliphatic heterocycles. The van der Waals surface area contributed by atoms with Gasteiger partial charge in [-0.3, -0.25) is 0 Å². The molecule has 2 rings (SSSR count). The Morgan fingerprint density at radius 3 is 2.55 bits per heavy atom. The summed E-state index contributed by atoms with van der Waals surface area (Å²) in [5.74, 6) is -1.68. The molecule has 1 aromatic carbocycles. The number of hydrogen-bond acceptors (Lipinski definition) is 3. The molecule has 4 N–H and O–H groups in total. The second kappa shape index (κ2) is 5.40. The molecule has 0 aromatic heterocycles. The normalized spacial score (nSPS) is 16.1. The van der Waals surface area contributed by atoms with E-state index in [-0.39, 0.29) is 16.8 Å². The van der Waals surface area contributed by atoms with E-state index >= 15 is 0 Å². The van der Waals surface area contributed by atoms with Gasteiger partial charge in [0.25, 0.3) is 0 Å². The van der Waals surface area contributed by atoms with Crippen molar-refractivity contribution in [2.45, 2.75) is 38.1 Å². The lowest BCUT2D eigenvalue weighted by Crippen LogP contribution is -2.54. The van der Waals surface area contributed by atoms with Gasteiger partial charge in [-0.2, -0.15) is 0 Å². The third-order valence-electron chi connectivity index (χ3n) is 3.88. The smallest absolute Gasteiger partial charge is 0.339 e. The monoisotopic (exact) mass is 278 g/mol. The van der Waals surface area contributed by atoms with E-state index in [0.29, 0.717) is 0 Å². The van der Waals surface area contributed by atoms with E-state index in [2.05, 4.69) is 10.6 Å². The van der Waals surface area contributed by atoms with Crippen molar-refractivity contribution in [1.29, 1.82) is 0 Å². The van der Waals surface area contributed by atoms with Gasteiger partial charge in [-0.05, 0) is 37.8 Å². The third-order valence-corrected chi connectivity index (χ3v) is 3.88. The lowest BCUT2D eigenvalue weighted by atomic mass is 9.75. The molecule has 0 saturated heterocycles.